The molecule has 0 amide bonds. The van der Waals surface area contributed by atoms with Crippen LogP contribution in [-0.4, -0.2) is 19.1 Å². The summed E-state index contributed by atoms with van der Waals surface area (Å²) in [5.74, 6) is 2.55. The van der Waals surface area contributed by atoms with Gasteiger partial charge in [0.1, 0.15) is 0 Å². The average molecular weight is 245 g/mol. The van der Waals surface area contributed by atoms with Crippen LogP contribution in [0.4, 0.5) is 0 Å². The number of carbonyl (C=O) groups excluding carboxylic acids is 1. The number of ether oxygens (including phenoxy) is 1. The number of rotatable bonds is 7. The van der Waals surface area contributed by atoms with Crippen LogP contribution in [0, 0.1) is 12.3 Å². The molecular formula is C15H19NO2. The Labute approximate surface area is 109 Å². The summed E-state index contributed by atoms with van der Waals surface area (Å²) in [6.07, 6.45) is 6.64. The van der Waals surface area contributed by atoms with Gasteiger partial charge in [0.2, 0.25) is 0 Å². The quantitative estimate of drug-likeness (QED) is 0.455. The molecule has 18 heavy (non-hydrogen) atoms. The molecule has 0 aliphatic rings. The molecule has 96 valence electrons. The van der Waals surface area contributed by atoms with Crippen LogP contribution >= 0.6 is 0 Å². The highest BCUT2D eigenvalue weighted by Gasteiger charge is 2.07. The molecule has 0 heterocycles. The molecule has 3 nitrogen and oxygen atoms in total. The van der Waals surface area contributed by atoms with Crippen LogP contribution in [0.3, 0.4) is 0 Å². The van der Waals surface area contributed by atoms with E-state index in [4.69, 9.17) is 11.2 Å². The second-order valence-corrected chi connectivity index (χ2v) is 3.87. The molecular weight excluding hydrogens is 226 g/mol. The first-order chi connectivity index (χ1) is 8.77. The van der Waals surface area contributed by atoms with E-state index < -0.39 is 0 Å². The molecule has 0 bridgehead atoms. The molecule has 0 aliphatic carbocycles. The van der Waals surface area contributed by atoms with E-state index in [-0.39, 0.29) is 12.0 Å². The Morgan fingerprint density at radius 2 is 2.17 bits per heavy atom. The molecule has 0 radical (unpaired) electrons. The Morgan fingerprint density at radius 1 is 1.44 bits per heavy atom. The topological polar surface area (TPSA) is 38.3 Å². The summed E-state index contributed by atoms with van der Waals surface area (Å²) in [5.41, 5.74) is 1.07. The second-order valence-electron chi connectivity index (χ2n) is 3.87. The Hall–Kier alpha value is -1.79. The van der Waals surface area contributed by atoms with Gasteiger partial charge in [-0.25, -0.2) is 0 Å². The minimum atomic E-state index is -0.156. The Morgan fingerprint density at radius 3 is 2.78 bits per heavy atom. The third-order valence-electron chi connectivity index (χ3n) is 2.51. The number of benzene rings is 1. The summed E-state index contributed by atoms with van der Waals surface area (Å²) in [4.78, 5) is 11.1. The fourth-order valence-electron chi connectivity index (χ4n) is 1.63. The van der Waals surface area contributed by atoms with Crippen LogP contribution in [-0.2, 0) is 9.53 Å². The number of nitrogens with one attached hydrogen (secondary N) is 1. The number of hydrogen-bond donors (Lipinski definition) is 1. The van der Waals surface area contributed by atoms with Gasteiger partial charge in [0.25, 0.3) is 0 Å². The number of carbonyl (C=O) groups is 1. The molecule has 0 spiro atoms. The third kappa shape index (κ3) is 5.03. The van der Waals surface area contributed by atoms with Crippen molar-refractivity contribution < 1.29 is 9.53 Å². The fraction of sp³-hybridized carbons (Fsp3) is 0.400. The number of terminal acetylenes is 1. The summed E-state index contributed by atoms with van der Waals surface area (Å²) in [7, 11) is 0. The summed E-state index contributed by atoms with van der Waals surface area (Å²) < 4.78 is 4.85. The first-order valence-corrected chi connectivity index (χ1v) is 6.18. The summed E-state index contributed by atoms with van der Waals surface area (Å²) in [6.45, 7) is 2.94. The SMILES string of the molecule is C#C[C@@H](NCCCC(=O)OCC)c1ccccc1. The van der Waals surface area contributed by atoms with E-state index in [2.05, 4.69) is 11.2 Å². The predicted octanol–water partition coefficient (Wildman–Crippen LogP) is 2.29. The predicted molar refractivity (Wildman–Crippen MR) is 71.9 cm³/mol. The molecule has 0 unspecified atom stereocenters. The standard InChI is InChI=1S/C15H19NO2/c1-3-14(13-9-6-5-7-10-13)16-12-8-11-15(17)18-4-2/h1,5-7,9-10,14,16H,4,8,11-12H2,2H3/t14-/m1/s1. The van der Waals surface area contributed by atoms with Crippen LogP contribution in [0.15, 0.2) is 30.3 Å². The Bertz CT molecular complexity index is 395. The molecule has 1 rings (SSSR count). The van der Waals surface area contributed by atoms with Crippen molar-refractivity contribution in [1.82, 2.24) is 5.32 Å². The summed E-state index contributed by atoms with van der Waals surface area (Å²) in [6, 6.07) is 9.75. The first-order valence-electron chi connectivity index (χ1n) is 6.18. The van der Waals surface area contributed by atoms with E-state index >= 15 is 0 Å². The monoisotopic (exact) mass is 245 g/mol. The molecule has 3 heteroatoms. The molecule has 0 aliphatic heterocycles. The molecule has 1 atom stereocenters. The minimum absolute atomic E-state index is 0.103. The van der Waals surface area contributed by atoms with Crippen molar-refractivity contribution in [2.24, 2.45) is 0 Å². The molecule has 1 aromatic rings. The van der Waals surface area contributed by atoms with Gasteiger partial charge in [-0.2, -0.15) is 0 Å². The van der Waals surface area contributed by atoms with E-state index in [9.17, 15) is 4.79 Å². The highest BCUT2D eigenvalue weighted by atomic mass is 16.5. The average Bonchev–Trinajstić information content (AvgIpc) is 2.40. The highest BCUT2D eigenvalue weighted by molar-refractivity contribution is 5.69. The van der Waals surface area contributed by atoms with Gasteiger partial charge in [-0.05, 0) is 25.5 Å². The van der Waals surface area contributed by atoms with E-state index in [1.54, 1.807) is 6.92 Å². The van der Waals surface area contributed by atoms with Crippen LogP contribution in [0.5, 0.6) is 0 Å². The van der Waals surface area contributed by atoms with Gasteiger partial charge in [-0.3, -0.25) is 10.1 Å². The molecule has 0 aromatic heterocycles. The van der Waals surface area contributed by atoms with Crippen molar-refractivity contribution in [3.63, 3.8) is 0 Å². The molecule has 1 N–H and O–H groups in total. The lowest BCUT2D eigenvalue weighted by molar-refractivity contribution is -0.143. The van der Waals surface area contributed by atoms with Crippen molar-refractivity contribution in [2.75, 3.05) is 13.2 Å². The van der Waals surface area contributed by atoms with Crippen molar-refractivity contribution in [3.8, 4) is 12.3 Å². The normalized spacial score (nSPS) is 11.6. The maximum atomic E-state index is 11.1. The van der Waals surface area contributed by atoms with E-state index in [1.165, 1.54) is 0 Å². The Kier molecular flexibility index (Phi) is 6.60. The van der Waals surface area contributed by atoms with Crippen LogP contribution in [0.2, 0.25) is 0 Å². The first kappa shape index (κ1) is 14.3. The lowest BCUT2D eigenvalue weighted by atomic mass is 10.1. The van der Waals surface area contributed by atoms with Gasteiger partial charge >= 0.3 is 5.97 Å². The van der Waals surface area contributed by atoms with Gasteiger partial charge in [0, 0.05) is 6.42 Å². The second kappa shape index (κ2) is 8.32. The molecule has 0 saturated carbocycles. The van der Waals surface area contributed by atoms with Crippen molar-refractivity contribution in [3.05, 3.63) is 35.9 Å². The van der Waals surface area contributed by atoms with Crippen molar-refractivity contribution >= 4 is 5.97 Å². The van der Waals surface area contributed by atoms with Crippen LogP contribution in [0.1, 0.15) is 31.4 Å². The molecule has 0 fully saturated rings. The van der Waals surface area contributed by atoms with Gasteiger partial charge < -0.3 is 4.74 Å². The zero-order valence-corrected chi connectivity index (χ0v) is 10.7. The summed E-state index contributed by atoms with van der Waals surface area (Å²) >= 11 is 0. The van der Waals surface area contributed by atoms with Crippen LogP contribution in [0.25, 0.3) is 0 Å². The minimum Gasteiger partial charge on any atom is -0.466 e. The highest BCUT2D eigenvalue weighted by Crippen LogP contribution is 2.10. The largest absolute Gasteiger partial charge is 0.466 e. The lowest BCUT2D eigenvalue weighted by Gasteiger charge is -2.13. The fourth-order valence-corrected chi connectivity index (χ4v) is 1.63. The summed E-state index contributed by atoms with van der Waals surface area (Å²) in [5, 5.41) is 3.24. The van der Waals surface area contributed by atoms with Gasteiger partial charge in [0.05, 0.1) is 12.6 Å². The zero-order chi connectivity index (χ0) is 13.2. The van der Waals surface area contributed by atoms with Gasteiger partial charge in [0.15, 0.2) is 0 Å². The van der Waals surface area contributed by atoms with Crippen molar-refractivity contribution in [1.29, 1.82) is 0 Å². The molecule has 0 saturated heterocycles. The van der Waals surface area contributed by atoms with E-state index in [1.807, 2.05) is 30.3 Å². The lowest BCUT2D eigenvalue weighted by Crippen LogP contribution is -2.21. The van der Waals surface area contributed by atoms with Crippen LogP contribution < -0.4 is 5.32 Å². The zero-order valence-electron chi connectivity index (χ0n) is 10.7. The third-order valence-corrected chi connectivity index (χ3v) is 2.51. The smallest absolute Gasteiger partial charge is 0.305 e. The number of esters is 1. The van der Waals surface area contributed by atoms with Crippen molar-refractivity contribution in [2.45, 2.75) is 25.8 Å². The molecule has 1 aromatic carbocycles. The maximum absolute atomic E-state index is 11.1. The van der Waals surface area contributed by atoms with Gasteiger partial charge in [-0.15, -0.1) is 6.42 Å². The van der Waals surface area contributed by atoms with E-state index in [0.717, 1.165) is 12.0 Å². The Balaban J connectivity index is 2.29. The maximum Gasteiger partial charge on any atom is 0.305 e. The van der Waals surface area contributed by atoms with E-state index in [0.29, 0.717) is 19.6 Å². The van der Waals surface area contributed by atoms with Gasteiger partial charge in [-0.1, -0.05) is 36.3 Å². The number of hydrogen-bond acceptors (Lipinski definition) is 3.